The number of rotatable bonds is 2. The summed E-state index contributed by atoms with van der Waals surface area (Å²) in [5.41, 5.74) is 3.52. The minimum absolute atomic E-state index is 0.220. The summed E-state index contributed by atoms with van der Waals surface area (Å²) in [4.78, 5) is 14.1. The van der Waals surface area contributed by atoms with Gasteiger partial charge in [-0.15, -0.1) is 0 Å². The van der Waals surface area contributed by atoms with Gasteiger partial charge < -0.3 is 4.90 Å². The molecule has 102 valence electrons. The van der Waals surface area contributed by atoms with Crippen molar-refractivity contribution >= 4 is 56.8 Å². The van der Waals surface area contributed by atoms with Crippen LogP contribution in [0, 0.1) is 7.14 Å². The molecule has 2 aromatic rings. The van der Waals surface area contributed by atoms with Crippen molar-refractivity contribution in [3.05, 3.63) is 60.7 Å². The molecular formula is C16H13I2NO. The fourth-order valence-electron chi connectivity index (χ4n) is 2.47. The van der Waals surface area contributed by atoms with Crippen molar-refractivity contribution < 1.29 is 4.79 Å². The Hall–Kier alpha value is -0.630. The van der Waals surface area contributed by atoms with Crippen molar-refractivity contribution in [1.82, 2.24) is 0 Å². The highest BCUT2D eigenvalue weighted by atomic mass is 127. The molecule has 0 aliphatic carbocycles. The third-order valence-electron chi connectivity index (χ3n) is 3.50. The zero-order chi connectivity index (χ0) is 14.1. The maximum atomic E-state index is 12.2. The van der Waals surface area contributed by atoms with Gasteiger partial charge in [0.05, 0.1) is 6.54 Å². The van der Waals surface area contributed by atoms with Crippen molar-refractivity contribution in [3.8, 4) is 0 Å². The van der Waals surface area contributed by atoms with Gasteiger partial charge in [-0.2, -0.15) is 0 Å². The van der Waals surface area contributed by atoms with Crippen molar-refractivity contribution in [2.45, 2.75) is 19.4 Å². The molecule has 0 saturated heterocycles. The first kappa shape index (κ1) is 14.3. The second-order valence-electron chi connectivity index (χ2n) is 4.88. The molecule has 0 spiro atoms. The highest BCUT2D eigenvalue weighted by molar-refractivity contribution is 14.1. The molecule has 2 nitrogen and oxygen atoms in total. The average molecular weight is 489 g/mol. The molecular weight excluding hydrogens is 476 g/mol. The molecule has 3 rings (SSSR count). The molecule has 0 radical (unpaired) electrons. The van der Waals surface area contributed by atoms with Crippen LogP contribution in [0.15, 0.2) is 42.5 Å². The molecule has 0 atom stereocenters. The SMILES string of the molecule is O=C1CCc2cc(I)ccc2N1Cc1ccc(I)cc1. The van der Waals surface area contributed by atoms with Gasteiger partial charge >= 0.3 is 0 Å². The minimum atomic E-state index is 0.220. The van der Waals surface area contributed by atoms with Crippen LogP contribution in [0.25, 0.3) is 0 Å². The fourth-order valence-corrected chi connectivity index (χ4v) is 3.39. The Kier molecular flexibility index (Phi) is 4.30. The Morgan fingerprint density at radius 1 is 0.950 bits per heavy atom. The molecule has 0 N–H and O–H groups in total. The Balaban J connectivity index is 1.93. The van der Waals surface area contributed by atoms with Crippen molar-refractivity contribution in [2.75, 3.05) is 4.90 Å². The molecule has 0 aromatic heterocycles. The van der Waals surface area contributed by atoms with Crippen LogP contribution in [0.2, 0.25) is 0 Å². The van der Waals surface area contributed by atoms with Crippen LogP contribution in [0.4, 0.5) is 5.69 Å². The normalized spacial score (nSPS) is 14.3. The zero-order valence-electron chi connectivity index (χ0n) is 10.8. The minimum Gasteiger partial charge on any atom is -0.308 e. The van der Waals surface area contributed by atoms with E-state index in [-0.39, 0.29) is 5.91 Å². The van der Waals surface area contributed by atoms with E-state index in [1.807, 2.05) is 4.90 Å². The average Bonchev–Trinajstić information content (AvgIpc) is 2.44. The molecule has 0 saturated carbocycles. The Labute approximate surface area is 145 Å². The summed E-state index contributed by atoms with van der Waals surface area (Å²) < 4.78 is 2.44. The molecule has 4 heteroatoms. The van der Waals surface area contributed by atoms with E-state index in [9.17, 15) is 4.79 Å². The van der Waals surface area contributed by atoms with Gasteiger partial charge in [-0.3, -0.25) is 4.79 Å². The lowest BCUT2D eigenvalue weighted by Gasteiger charge is -2.29. The summed E-state index contributed by atoms with van der Waals surface area (Å²) >= 11 is 4.61. The number of hydrogen-bond acceptors (Lipinski definition) is 1. The first-order valence-corrected chi connectivity index (χ1v) is 8.62. The van der Waals surface area contributed by atoms with Crippen LogP contribution in [0.3, 0.4) is 0 Å². The van der Waals surface area contributed by atoms with Gasteiger partial charge in [0, 0.05) is 19.2 Å². The largest absolute Gasteiger partial charge is 0.308 e. The molecule has 0 unspecified atom stereocenters. The number of hydrogen-bond donors (Lipinski definition) is 0. The molecule has 0 bridgehead atoms. The number of anilines is 1. The molecule has 1 aliphatic rings. The number of carbonyl (C=O) groups excluding carboxylic acids is 1. The topological polar surface area (TPSA) is 20.3 Å². The van der Waals surface area contributed by atoms with Gasteiger partial charge in [0.2, 0.25) is 5.91 Å². The Morgan fingerprint density at radius 2 is 1.65 bits per heavy atom. The standard InChI is InChI=1S/C16H13I2NO/c17-13-4-1-11(2-5-13)10-19-15-7-6-14(18)9-12(15)3-8-16(19)20/h1-2,4-7,9H,3,8,10H2. The quantitative estimate of drug-likeness (QED) is 0.575. The summed E-state index contributed by atoms with van der Waals surface area (Å²) in [5, 5.41) is 0. The summed E-state index contributed by atoms with van der Waals surface area (Å²) in [6, 6.07) is 14.7. The van der Waals surface area contributed by atoms with Crippen LogP contribution in [-0.4, -0.2) is 5.91 Å². The van der Waals surface area contributed by atoms with Gasteiger partial charge in [-0.25, -0.2) is 0 Å². The molecule has 0 fully saturated rings. The number of halogens is 2. The predicted molar refractivity (Wildman–Crippen MR) is 97.8 cm³/mol. The van der Waals surface area contributed by atoms with Crippen LogP contribution >= 0.6 is 45.2 Å². The first-order valence-electron chi connectivity index (χ1n) is 6.47. The summed E-state index contributed by atoms with van der Waals surface area (Å²) in [6.45, 7) is 0.656. The smallest absolute Gasteiger partial charge is 0.227 e. The van der Waals surface area contributed by atoms with Gasteiger partial charge in [0.15, 0.2) is 0 Å². The van der Waals surface area contributed by atoms with Gasteiger partial charge in [-0.05, 0) is 93.1 Å². The highest BCUT2D eigenvalue weighted by Gasteiger charge is 2.24. The Morgan fingerprint density at radius 3 is 2.40 bits per heavy atom. The lowest BCUT2D eigenvalue weighted by molar-refractivity contribution is -0.119. The summed E-state index contributed by atoms with van der Waals surface area (Å²) in [5.74, 6) is 0.220. The molecule has 20 heavy (non-hydrogen) atoms. The first-order chi connectivity index (χ1) is 9.63. The number of benzene rings is 2. The van der Waals surface area contributed by atoms with Gasteiger partial charge in [-0.1, -0.05) is 12.1 Å². The third kappa shape index (κ3) is 3.00. The van der Waals surface area contributed by atoms with Crippen LogP contribution in [-0.2, 0) is 17.8 Å². The lowest BCUT2D eigenvalue weighted by atomic mass is 10.0. The number of fused-ring (bicyclic) bond motifs is 1. The van der Waals surface area contributed by atoms with Gasteiger partial charge in [0.1, 0.15) is 0 Å². The van der Waals surface area contributed by atoms with E-state index < -0.39 is 0 Å². The van der Waals surface area contributed by atoms with Crippen molar-refractivity contribution in [1.29, 1.82) is 0 Å². The van der Waals surface area contributed by atoms with E-state index in [1.54, 1.807) is 0 Å². The van der Waals surface area contributed by atoms with E-state index in [2.05, 4.69) is 87.6 Å². The van der Waals surface area contributed by atoms with Crippen molar-refractivity contribution in [3.63, 3.8) is 0 Å². The zero-order valence-corrected chi connectivity index (χ0v) is 15.1. The monoisotopic (exact) mass is 489 g/mol. The predicted octanol–water partition coefficient (Wildman–Crippen LogP) is 4.38. The fraction of sp³-hybridized carbons (Fsp3) is 0.188. The van der Waals surface area contributed by atoms with E-state index >= 15 is 0 Å². The third-order valence-corrected chi connectivity index (χ3v) is 4.89. The number of amides is 1. The lowest BCUT2D eigenvalue weighted by Crippen LogP contribution is -2.34. The van der Waals surface area contributed by atoms with Crippen LogP contribution in [0.1, 0.15) is 17.5 Å². The van der Waals surface area contributed by atoms with Crippen molar-refractivity contribution in [2.24, 2.45) is 0 Å². The van der Waals surface area contributed by atoms with E-state index in [1.165, 1.54) is 18.3 Å². The van der Waals surface area contributed by atoms with Gasteiger partial charge in [0.25, 0.3) is 0 Å². The van der Waals surface area contributed by atoms with Crippen LogP contribution in [0.5, 0.6) is 0 Å². The number of nitrogens with zero attached hydrogens (tertiary/aromatic N) is 1. The number of aryl methyl sites for hydroxylation is 1. The van der Waals surface area contributed by atoms with E-state index in [0.29, 0.717) is 13.0 Å². The molecule has 1 aliphatic heterocycles. The summed E-state index contributed by atoms with van der Waals surface area (Å²) in [7, 11) is 0. The van der Waals surface area contributed by atoms with E-state index in [4.69, 9.17) is 0 Å². The second-order valence-corrected chi connectivity index (χ2v) is 7.37. The Bertz CT molecular complexity index is 652. The molecule has 1 heterocycles. The number of carbonyl (C=O) groups is 1. The second kappa shape index (κ2) is 6.01. The maximum absolute atomic E-state index is 12.2. The summed E-state index contributed by atoms with van der Waals surface area (Å²) in [6.07, 6.45) is 1.46. The molecule has 2 aromatic carbocycles. The highest BCUT2D eigenvalue weighted by Crippen LogP contribution is 2.30. The van der Waals surface area contributed by atoms with E-state index in [0.717, 1.165) is 12.1 Å². The molecule has 1 amide bonds. The maximum Gasteiger partial charge on any atom is 0.227 e. The van der Waals surface area contributed by atoms with Crippen LogP contribution < -0.4 is 4.90 Å².